The molecule has 0 spiro atoms. The van der Waals surface area contributed by atoms with Crippen LogP contribution in [0, 0.1) is 16.7 Å². The first-order valence-corrected chi connectivity index (χ1v) is 6.05. The molecule has 0 saturated heterocycles. The lowest BCUT2D eigenvalue weighted by Crippen LogP contribution is -2.44. The molecule has 0 bridgehead atoms. The minimum Gasteiger partial charge on any atom is -0.396 e. The van der Waals surface area contributed by atoms with E-state index in [1.54, 1.807) is 0 Å². The zero-order chi connectivity index (χ0) is 11.9. The number of hydrogen-bond donors (Lipinski definition) is 2. The van der Waals surface area contributed by atoms with Gasteiger partial charge in [0.2, 0.25) is 5.91 Å². The molecule has 4 nitrogen and oxygen atoms in total. The van der Waals surface area contributed by atoms with Crippen molar-refractivity contribution in [3.05, 3.63) is 0 Å². The lowest BCUT2D eigenvalue weighted by atomic mass is 9.69. The van der Waals surface area contributed by atoms with Crippen molar-refractivity contribution in [2.24, 2.45) is 5.41 Å². The van der Waals surface area contributed by atoms with Gasteiger partial charge in [-0.25, -0.2) is 0 Å². The Hall–Kier alpha value is -1.08. The monoisotopic (exact) mass is 224 g/mol. The number of carbonyl (C=O) groups excluding carboxylic acids is 1. The number of nitrogens with one attached hydrogen (secondary N) is 1. The van der Waals surface area contributed by atoms with Crippen LogP contribution < -0.4 is 5.32 Å². The van der Waals surface area contributed by atoms with E-state index >= 15 is 0 Å². The summed E-state index contributed by atoms with van der Waals surface area (Å²) in [6.07, 6.45) is 6.16. The maximum absolute atomic E-state index is 11.7. The quantitative estimate of drug-likeness (QED) is 0.641. The van der Waals surface area contributed by atoms with E-state index < -0.39 is 5.41 Å². The summed E-state index contributed by atoms with van der Waals surface area (Å²) in [6, 6.07) is 2.13. The minimum atomic E-state index is -0.717. The van der Waals surface area contributed by atoms with Crippen molar-refractivity contribution in [3.8, 4) is 6.07 Å². The van der Waals surface area contributed by atoms with Gasteiger partial charge in [0.05, 0.1) is 6.07 Å². The lowest BCUT2D eigenvalue weighted by molar-refractivity contribution is -0.131. The molecule has 16 heavy (non-hydrogen) atoms. The third-order valence-corrected chi connectivity index (χ3v) is 3.23. The van der Waals surface area contributed by atoms with E-state index in [0.29, 0.717) is 19.4 Å². The topological polar surface area (TPSA) is 73.1 Å². The smallest absolute Gasteiger partial charge is 0.240 e. The fraction of sp³-hybridized carbons (Fsp3) is 0.833. The summed E-state index contributed by atoms with van der Waals surface area (Å²) in [6.45, 7) is 0.887. The third kappa shape index (κ3) is 3.21. The first kappa shape index (κ1) is 13.0. The normalized spacial score (nSPS) is 17.2. The molecule has 0 heterocycles. The van der Waals surface area contributed by atoms with Crippen molar-refractivity contribution in [2.75, 3.05) is 13.2 Å². The average Bonchev–Trinajstić information content (AvgIpc) is 2.22. The van der Waals surface area contributed by atoms with Crippen LogP contribution in [0.3, 0.4) is 0 Å². The number of hydrogen-bond acceptors (Lipinski definition) is 3. The molecule has 1 saturated carbocycles. The highest BCUT2D eigenvalue weighted by Crippen LogP contribution is 2.40. The van der Waals surface area contributed by atoms with Crippen LogP contribution in [-0.4, -0.2) is 24.2 Å². The van der Waals surface area contributed by atoms with Crippen molar-refractivity contribution >= 4 is 5.91 Å². The Morgan fingerprint density at radius 1 is 1.31 bits per heavy atom. The van der Waals surface area contributed by atoms with Gasteiger partial charge >= 0.3 is 0 Å². The summed E-state index contributed by atoms with van der Waals surface area (Å²) in [7, 11) is 0. The molecule has 0 radical (unpaired) electrons. The summed E-state index contributed by atoms with van der Waals surface area (Å²) in [4.78, 5) is 11.7. The number of aliphatic hydroxyl groups excluding tert-OH is 1. The second-order valence-corrected chi connectivity index (χ2v) is 4.44. The van der Waals surface area contributed by atoms with E-state index in [0.717, 1.165) is 32.1 Å². The molecule has 0 unspecified atom stereocenters. The largest absolute Gasteiger partial charge is 0.396 e. The second-order valence-electron chi connectivity index (χ2n) is 4.44. The molecule has 1 aliphatic carbocycles. The zero-order valence-corrected chi connectivity index (χ0v) is 9.67. The number of unbranched alkanes of at least 4 members (excludes halogenated alkanes) is 3. The van der Waals surface area contributed by atoms with Crippen LogP contribution in [0.4, 0.5) is 0 Å². The molecule has 0 aromatic heterocycles. The van der Waals surface area contributed by atoms with E-state index in [9.17, 15) is 4.79 Å². The van der Waals surface area contributed by atoms with E-state index in [1.165, 1.54) is 0 Å². The van der Waals surface area contributed by atoms with Crippen LogP contribution in [0.5, 0.6) is 0 Å². The summed E-state index contributed by atoms with van der Waals surface area (Å²) >= 11 is 0. The van der Waals surface area contributed by atoms with Crippen LogP contribution >= 0.6 is 0 Å². The van der Waals surface area contributed by atoms with Crippen LogP contribution in [0.1, 0.15) is 44.9 Å². The first-order valence-electron chi connectivity index (χ1n) is 6.05. The van der Waals surface area contributed by atoms with Gasteiger partial charge < -0.3 is 10.4 Å². The molecule has 0 aromatic rings. The van der Waals surface area contributed by atoms with E-state index in [4.69, 9.17) is 10.4 Å². The fourth-order valence-corrected chi connectivity index (χ4v) is 1.88. The average molecular weight is 224 g/mol. The SMILES string of the molecule is N#CC1(C(=O)NCCCCCCO)CCC1. The number of rotatable bonds is 7. The van der Waals surface area contributed by atoms with Crippen LogP contribution in [0.2, 0.25) is 0 Å². The first-order chi connectivity index (χ1) is 7.75. The maximum atomic E-state index is 11.7. The van der Waals surface area contributed by atoms with Gasteiger partial charge in [-0.15, -0.1) is 0 Å². The molecule has 0 aliphatic heterocycles. The van der Waals surface area contributed by atoms with Gasteiger partial charge in [0, 0.05) is 13.2 Å². The molecule has 2 N–H and O–H groups in total. The Balaban J connectivity index is 2.09. The fourth-order valence-electron chi connectivity index (χ4n) is 1.88. The number of nitriles is 1. The zero-order valence-electron chi connectivity index (χ0n) is 9.67. The predicted molar refractivity (Wildman–Crippen MR) is 60.5 cm³/mol. The number of carbonyl (C=O) groups is 1. The maximum Gasteiger partial charge on any atom is 0.240 e. The third-order valence-electron chi connectivity index (χ3n) is 3.23. The molecule has 4 heteroatoms. The van der Waals surface area contributed by atoms with Gasteiger partial charge in [0.15, 0.2) is 0 Å². The Kier molecular flexibility index (Phi) is 5.27. The van der Waals surface area contributed by atoms with Crippen molar-refractivity contribution in [3.63, 3.8) is 0 Å². The van der Waals surface area contributed by atoms with Crippen LogP contribution in [-0.2, 0) is 4.79 Å². The van der Waals surface area contributed by atoms with E-state index in [-0.39, 0.29) is 12.5 Å². The number of aliphatic hydroxyl groups is 1. The van der Waals surface area contributed by atoms with Gasteiger partial charge in [0.1, 0.15) is 5.41 Å². The van der Waals surface area contributed by atoms with Gasteiger partial charge in [-0.2, -0.15) is 5.26 Å². The Labute approximate surface area is 96.6 Å². The Morgan fingerprint density at radius 2 is 2.00 bits per heavy atom. The van der Waals surface area contributed by atoms with Crippen molar-refractivity contribution in [2.45, 2.75) is 44.9 Å². The van der Waals surface area contributed by atoms with E-state index in [1.807, 2.05) is 0 Å². The number of amides is 1. The Bertz CT molecular complexity index is 267. The molecule has 1 amide bonds. The standard InChI is InChI=1S/C12H20N2O2/c13-10-12(6-5-7-12)11(16)14-8-3-1-2-4-9-15/h15H,1-9H2,(H,14,16). The van der Waals surface area contributed by atoms with Crippen LogP contribution in [0.25, 0.3) is 0 Å². The Morgan fingerprint density at radius 3 is 2.50 bits per heavy atom. The summed E-state index contributed by atoms with van der Waals surface area (Å²) in [5.74, 6) is -0.0941. The highest BCUT2D eigenvalue weighted by molar-refractivity contribution is 5.86. The summed E-state index contributed by atoms with van der Waals surface area (Å²) in [5.41, 5.74) is -0.717. The highest BCUT2D eigenvalue weighted by atomic mass is 16.2. The van der Waals surface area contributed by atoms with Crippen molar-refractivity contribution in [1.82, 2.24) is 5.32 Å². The van der Waals surface area contributed by atoms with E-state index in [2.05, 4.69) is 11.4 Å². The summed E-state index contributed by atoms with van der Waals surface area (Å²) in [5, 5.41) is 20.4. The van der Waals surface area contributed by atoms with Gasteiger partial charge in [0.25, 0.3) is 0 Å². The van der Waals surface area contributed by atoms with Gasteiger partial charge in [-0.05, 0) is 32.1 Å². The van der Waals surface area contributed by atoms with Crippen LogP contribution in [0.15, 0.2) is 0 Å². The molecular formula is C12H20N2O2. The van der Waals surface area contributed by atoms with Crippen molar-refractivity contribution < 1.29 is 9.90 Å². The molecule has 0 aromatic carbocycles. The molecule has 1 rings (SSSR count). The molecule has 1 aliphatic rings. The van der Waals surface area contributed by atoms with Gasteiger partial charge in [-0.1, -0.05) is 12.8 Å². The van der Waals surface area contributed by atoms with Gasteiger partial charge in [-0.3, -0.25) is 4.79 Å². The molecular weight excluding hydrogens is 204 g/mol. The summed E-state index contributed by atoms with van der Waals surface area (Å²) < 4.78 is 0. The van der Waals surface area contributed by atoms with Crippen molar-refractivity contribution in [1.29, 1.82) is 5.26 Å². The highest BCUT2D eigenvalue weighted by Gasteiger charge is 2.44. The lowest BCUT2D eigenvalue weighted by Gasteiger charge is -2.33. The predicted octanol–water partition coefficient (Wildman–Crippen LogP) is 1.35. The molecule has 1 fully saturated rings. The second kappa shape index (κ2) is 6.49. The minimum absolute atomic E-state index is 0.0941. The molecule has 0 atom stereocenters. The number of nitrogens with zero attached hydrogens (tertiary/aromatic N) is 1. The molecule has 90 valence electrons.